The van der Waals surface area contributed by atoms with E-state index >= 15 is 0 Å². The van der Waals surface area contributed by atoms with Crippen molar-refractivity contribution < 1.29 is 9.13 Å². The van der Waals surface area contributed by atoms with E-state index < -0.39 is 0 Å². The highest BCUT2D eigenvalue weighted by atomic mass is 19.1. The summed E-state index contributed by atoms with van der Waals surface area (Å²) in [6, 6.07) is 14.8. The first-order valence-corrected chi connectivity index (χ1v) is 13.1. The summed E-state index contributed by atoms with van der Waals surface area (Å²) in [7, 11) is 0. The van der Waals surface area contributed by atoms with E-state index in [2.05, 4.69) is 41.1 Å². The molecule has 9 heteroatoms. The standard InChI is InChI=1S/C30H26FN7O/c31-22-11-20(12-23(14-22)39-10-9-38-7-1-2-8-38)29-25-15-28(35-26(25)5-6-34-29)30-24-13-19(3-4-27(24)36-37-30)21-16-32-18-33-17-21/h3-6,11-18,35H,1-2,7-10H2,(H,36,37). The number of rotatable bonds is 7. The van der Waals surface area contributed by atoms with Gasteiger partial charge in [-0.3, -0.25) is 15.0 Å². The normalized spacial score (nSPS) is 14.0. The van der Waals surface area contributed by atoms with Crippen molar-refractivity contribution >= 4 is 21.8 Å². The summed E-state index contributed by atoms with van der Waals surface area (Å²) in [6.07, 6.45) is 9.29. The molecule has 0 amide bonds. The Balaban J connectivity index is 1.23. The lowest BCUT2D eigenvalue weighted by Crippen LogP contribution is -2.25. The summed E-state index contributed by atoms with van der Waals surface area (Å²) in [5.74, 6) is 0.156. The zero-order valence-electron chi connectivity index (χ0n) is 21.2. The van der Waals surface area contributed by atoms with E-state index in [1.807, 2.05) is 30.3 Å². The molecule has 39 heavy (non-hydrogen) atoms. The number of hydrogen-bond acceptors (Lipinski definition) is 6. The van der Waals surface area contributed by atoms with Crippen LogP contribution in [-0.4, -0.2) is 61.3 Å². The van der Waals surface area contributed by atoms with E-state index in [9.17, 15) is 4.39 Å². The summed E-state index contributed by atoms with van der Waals surface area (Å²) in [5, 5.41) is 9.57. The fourth-order valence-corrected chi connectivity index (χ4v) is 5.34. The molecular weight excluding hydrogens is 493 g/mol. The number of H-pyrrole nitrogens is 2. The molecule has 1 fully saturated rings. The number of pyridine rings is 1. The Morgan fingerprint density at radius 3 is 2.56 bits per heavy atom. The predicted octanol–water partition coefficient (Wildman–Crippen LogP) is 5.84. The molecule has 0 atom stereocenters. The minimum Gasteiger partial charge on any atom is -0.492 e. The van der Waals surface area contributed by atoms with Crippen molar-refractivity contribution in [2.45, 2.75) is 12.8 Å². The number of halogens is 1. The number of aromatic nitrogens is 6. The first kappa shape index (κ1) is 23.5. The molecule has 0 unspecified atom stereocenters. The van der Waals surface area contributed by atoms with Crippen molar-refractivity contribution in [1.82, 2.24) is 35.0 Å². The fraction of sp³-hybridized carbons (Fsp3) is 0.200. The number of aromatic amines is 2. The Bertz CT molecular complexity index is 1770. The Morgan fingerprint density at radius 1 is 0.846 bits per heavy atom. The summed E-state index contributed by atoms with van der Waals surface area (Å²) in [5.41, 5.74) is 6.71. The molecule has 1 aliphatic rings. The van der Waals surface area contributed by atoms with Gasteiger partial charge in [-0.05, 0) is 67.9 Å². The topological polar surface area (TPSA) is 95.6 Å². The van der Waals surface area contributed by atoms with Crippen molar-refractivity contribution in [2.24, 2.45) is 0 Å². The molecule has 194 valence electrons. The van der Waals surface area contributed by atoms with Crippen molar-refractivity contribution in [1.29, 1.82) is 0 Å². The quantitative estimate of drug-likeness (QED) is 0.275. The molecule has 8 nitrogen and oxygen atoms in total. The molecule has 6 aromatic rings. The summed E-state index contributed by atoms with van der Waals surface area (Å²) >= 11 is 0. The van der Waals surface area contributed by atoms with Crippen LogP contribution in [0.5, 0.6) is 5.75 Å². The molecule has 2 aromatic carbocycles. The zero-order valence-corrected chi connectivity index (χ0v) is 21.2. The fourth-order valence-electron chi connectivity index (χ4n) is 5.34. The molecule has 0 aliphatic carbocycles. The highest BCUT2D eigenvalue weighted by Crippen LogP contribution is 2.35. The molecule has 4 aromatic heterocycles. The van der Waals surface area contributed by atoms with Gasteiger partial charge in [-0.2, -0.15) is 5.10 Å². The maximum absolute atomic E-state index is 14.7. The maximum Gasteiger partial charge on any atom is 0.127 e. The van der Waals surface area contributed by atoms with Gasteiger partial charge in [0.15, 0.2) is 0 Å². The largest absolute Gasteiger partial charge is 0.492 e. The van der Waals surface area contributed by atoms with Crippen LogP contribution in [0.4, 0.5) is 4.39 Å². The van der Waals surface area contributed by atoms with Gasteiger partial charge in [0.25, 0.3) is 0 Å². The minimum absolute atomic E-state index is 0.353. The van der Waals surface area contributed by atoms with Gasteiger partial charge in [-0.25, -0.2) is 14.4 Å². The summed E-state index contributed by atoms with van der Waals surface area (Å²) < 4.78 is 20.6. The number of likely N-dealkylation sites (tertiary alicyclic amines) is 1. The van der Waals surface area contributed by atoms with Crippen LogP contribution in [0.2, 0.25) is 0 Å². The van der Waals surface area contributed by atoms with Gasteiger partial charge in [0.2, 0.25) is 0 Å². The number of nitrogens with one attached hydrogen (secondary N) is 2. The maximum atomic E-state index is 14.7. The van der Waals surface area contributed by atoms with Crippen molar-refractivity contribution in [3.63, 3.8) is 0 Å². The lowest BCUT2D eigenvalue weighted by atomic mass is 10.0. The van der Waals surface area contributed by atoms with Gasteiger partial charge < -0.3 is 9.72 Å². The monoisotopic (exact) mass is 519 g/mol. The number of fused-ring (bicyclic) bond motifs is 2. The first-order chi connectivity index (χ1) is 19.2. The SMILES string of the molecule is Fc1cc(OCCN2CCCC2)cc(-c2nccc3[nH]c(-c4n[nH]c5ccc(-c6cncnc6)cc45)cc23)c1. The van der Waals surface area contributed by atoms with E-state index in [1.165, 1.54) is 31.3 Å². The Kier molecular flexibility index (Phi) is 5.97. The van der Waals surface area contributed by atoms with Gasteiger partial charge >= 0.3 is 0 Å². The summed E-state index contributed by atoms with van der Waals surface area (Å²) in [6.45, 7) is 3.58. The van der Waals surface area contributed by atoms with Crippen LogP contribution in [0.3, 0.4) is 0 Å². The highest BCUT2D eigenvalue weighted by molar-refractivity contribution is 6.00. The third-order valence-corrected chi connectivity index (χ3v) is 7.28. The van der Waals surface area contributed by atoms with E-state index in [-0.39, 0.29) is 5.82 Å². The van der Waals surface area contributed by atoms with Gasteiger partial charge in [0.1, 0.15) is 30.2 Å². The minimum atomic E-state index is -0.353. The Hall–Kier alpha value is -4.63. The molecule has 1 aliphatic heterocycles. The molecule has 2 N–H and O–H groups in total. The van der Waals surface area contributed by atoms with Gasteiger partial charge in [-0.15, -0.1) is 0 Å². The van der Waals surface area contributed by atoms with Crippen LogP contribution in [-0.2, 0) is 0 Å². The number of hydrogen-bond donors (Lipinski definition) is 2. The third-order valence-electron chi connectivity index (χ3n) is 7.28. The lowest BCUT2D eigenvalue weighted by molar-refractivity contribution is 0.237. The molecule has 5 heterocycles. The second-order valence-electron chi connectivity index (χ2n) is 9.84. The molecular formula is C30H26FN7O. The van der Waals surface area contributed by atoms with Crippen molar-refractivity contribution in [3.05, 3.63) is 79.3 Å². The van der Waals surface area contributed by atoms with E-state index in [4.69, 9.17) is 4.74 Å². The van der Waals surface area contributed by atoms with Gasteiger partial charge in [0, 0.05) is 58.6 Å². The number of ether oxygens (including phenoxy) is 1. The Labute approximate surface area is 223 Å². The molecule has 1 saturated heterocycles. The first-order valence-electron chi connectivity index (χ1n) is 13.1. The van der Waals surface area contributed by atoms with E-state index in [1.54, 1.807) is 18.6 Å². The van der Waals surface area contributed by atoms with Crippen LogP contribution in [0.1, 0.15) is 12.8 Å². The van der Waals surface area contributed by atoms with Crippen LogP contribution >= 0.6 is 0 Å². The predicted molar refractivity (Wildman–Crippen MR) is 149 cm³/mol. The second kappa shape index (κ2) is 9.92. The van der Waals surface area contributed by atoms with Crippen LogP contribution in [0, 0.1) is 5.82 Å². The Morgan fingerprint density at radius 2 is 1.69 bits per heavy atom. The smallest absolute Gasteiger partial charge is 0.127 e. The molecule has 0 radical (unpaired) electrons. The highest BCUT2D eigenvalue weighted by Gasteiger charge is 2.16. The van der Waals surface area contributed by atoms with Crippen molar-refractivity contribution in [3.8, 4) is 39.5 Å². The average Bonchev–Trinajstić information content (AvgIpc) is 3.72. The van der Waals surface area contributed by atoms with Gasteiger partial charge in [-0.1, -0.05) is 6.07 Å². The molecule has 7 rings (SSSR count). The molecule has 0 bridgehead atoms. The van der Waals surface area contributed by atoms with Crippen LogP contribution in [0.25, 0.3) is 55.6 Å². The molecule has 0 saturated carbocycles. The van der Waals surface area contributed by atoms with E-state index in [0.29, 0.717) is 23.6 Å². The second-order valence-corrected chi connectivity index (χ2v) is 9.84. The number of benzene rings is 2. The zero-order chi connectivity index (χ0) is 26.2. The van der Waals surface area contributed by atoms with Crippen LogP contribution < -0.4 is 4.74 Å². The van der Waals surface area contributed by atoms with Crippen LogP contribution in [0.15, 0.2) is 73.4 Å². The number of nitrogens with zero attached hydrogens (tertiary/aromatic N) is 5. The molecule has 0 spiro atoms. The van der Waals surface area contributed by atoms with Gasteiger partial charge in [0.05, 0.1) is 16.9 Å². The third kappa shape index (κ3) is 4.61. The van der Waals surface area contributed by atoms with Crippen molar-refractivity contribution in [2.75, 3.05) is 26.2 Å². The summed E-state index contributed by atoms with van der Waals surface area (Å²) in [4.78, 5) is 18.7. The lowest BCUT2D eigenvalue weighted by Gasteiger charge is -2.15. The van der Waals surface area contributed by atoms with E-state index in [0.717, 1.165) is 64.0 Å². The average molecular weight is 520 g/mol.